The summed E-state index contributed by atoms with van der Waals surface area (Å²) in [6, 6.07) is 2.27. The van der Waals surface area contributed by atoms with Crippen LogP contribution in [0.2, 0.25) is 0 Å². The van der Waals surface area contributed by atoms with Crippen molar-refractivity contribution in [3.05, 3.63) is 10.9 Å². The van der Waals surface area contributed by atoms with Gasteiger partial charge in [-0.2, -0.15) is 0 Å². The summed E-state index contributed by atoms with van der Waals surface area (Å²) in [4.78, 5) is 3.79. The van der Waals surface area contributed by atoms with Gasteiger partial charge in [0.05, 0.1) is 16.2 Å². The van der Waals surface area contributed by atoms with Gasteiger partial charge < -0.3 is 14.2 Å². The van der Waals surface area contributed by atoms with Gasteiger partial charge >= 0.3 is 7.12 Å². The van der Waals surface area contributed by atoms with Gasteiger partial charge in [0, 0.05) is 18.0 Å². The Labute approximate surface area is 126 Å². The zero-order chi connectivity index (χ0) is 14.5. The van der Waals surface area contributed by atoms with Crippen molar-refractivity contribution in [3.63, 3.8) is 0 Å². The molecule has 0 aromatic carbocycles. The Morgan fingerprint density at radius 3 is 2.20 bits per heavy atom. The molecule has 2 aliphatic heterocycles. The number of hydrogen-bond donors (Lipinski definition) is 0. The molecular weight excluding hydrogens is 269 g/mol. The molecule has 0 aliphatic carbocycles. The van der Waals surface area contributed by atoms with Crippen LogP contribution >= 0.6 is 11.3 Å². The molecule has 0 spiro atoms. The predicted octanol–water partition coefficient (Wildman–Crippen LogP) is 2.96. The van der Waals surface area contributed by atoms with Gasteiger partial charge in [-0.1, -0.05) is 0 Å². The minimum absolute atomic E-state index is 0.229. The van der Waals surface area contributed by atoms with E-state index in [2.05, 4.69) is 45.6 Å². The van der Waals surface area contributed by atoms with E-state index in [0.717, 1.165) is 0 Å². The highest BCUT2D eigenvalue weighted by molar-refractivity contribution is 7.17. The van der Waals surface area contributed by atoms with Gasteiger partial charge in [0.2, 0.25) is 0 Å². The van der Waals surface area contributed by atoms with E-state index in [0.29, 0.717) is 0 Å². The molecule has 3 heterocycles. The summed E-state index contributed by atoms with van der Waals surface area (Å²) in [5.74, 6) is 0. The predicted molar refractivity (Wildman–Crippen MR) is 86.2 cm³/mol. The van der Waals surface area contributed by atoms with Crippen LogP contribution in [0, 0.1) is 6.92 Å². The third-order valence-corrected chi connectivity index (χ3v) is 6.00. The Kier molecular flexibility index (Phi) is 3.43. The molecular formula is C15H24BNO2S. The maximum absolute atomic E-state index is 6.17. The average molecular weight is 293 g/mol. The molecule has 0 amide bonds. The van der Waals surface area contributed by atoms with Crippen molar-refractivity contribution < 1.29 is 9.31 Å². The fourth-order valence-corrected chi connectivity index (χ4v) is 3.86. The molecule has 110 valence electrons. The van der Waals surface area contributed by atoms with E-state index < -0.39 is 0 Å². The summed E-state index contributed by atoms with van der Waals surface area (Å²) in [7, 11) is -0.229. The minimum atomic E-state index is -0.264. The lowest BCUT2D eigenvalue weighted by Crippen LogP contribution is -2.41. The lowest BCUT2D eigenvalue weighted by molar-refractivity contribution is 0.00578. The first-order chi connectivity index (χ1) is 9.30. The Hall–Kier alpha value is -0.515. The zero-order valence-corrected chi connectivity index (χ0v) is 14.0. The second kappa shape index (κ2) is 4.75. The Morgan fingerprint density at radius 1 is 1.10 bits per heavy atom. The molecule has 0 N–H and O–H groups in total. The van der Waals surface area contributed by atoms with Gasteiger partial charge in [0.15, 0.2) is 0 Å². The minimum Gasteiger partial charge on any atom is -0.399 e. The van der Waals surface area contributed by atoms with Gasteiger partial charge in [-0.3, -0.25) is 0 Å². The number of hydrogen-bond acceptors (Lipinski definition) is 4. The molecule has 2 aliphatic rings. The van der Waals surface area contributed by atoms with Crippen LogP contribution in [0.4, 0.5) is 5.00 Å². The monoisotopic (exact) mass is 293 g/mol. The normalized spacial score (nSPS) is 24.6. The lowest BCUT2D eigenvalue weighted by atomic mass is 9.79. The molecule has 0 bridgehead atoms. The first-order valence-corrected chi connectivity index (χ1v) is 8.33. The largest absolute Gasteiger partial charge is 0.496 e. The number of anilines is 1. The summed E-state index contributed by atoms with van der Waals surface area (Å²) in [6.07, 6.45) is 2.62. The fraction of sp³-hybridized carbons (Fsp3) is 0.733. The second-order valence-corrected chi connectivity index (χ2v) is 8.11. The van der Waals surface area contributed by atoms with Crippen LogP contribution in [0.1, 0.15) is 45.4 Å². The zero-order valence-electron chi connectivity index (χ0n) is 13.2. The van der Waals surface area contributed by atoms with Gasteiger partial charge in [0.1, 0.15) is 0 Å². The number of thiophene rings is 1. The van der Waals surface area contributed by atoms with Crippen LogP contribution in [0.3, 0.4) is 0 Å². The van der Waals surface area contributed by atoms with Gasteiger partial charge in [-0.15, -0.1) is 11.3 Å². The van der Waals surface area contributed by atoms with Crippen molar-refractivity contribution in [2.45, 2.75) is 58.7 Å². The fourth-order valence-electron chi connectivity index (χ4n) is 2.78. The molecule has 0 saturated carbocycles. The van der Waals surface area contributed by atoms with E-state index in [4.69, 9.17) is 9.31 Å². The van der Waals surface area contributed by atoms with Crippen LogP contribution in [-0.4, -0.2) is 31.4 Å². The molecule has 3 rings (SSSR count). The van der Waals surface area contributed by atoms with Gasteiger partial charge in [0.25, 0.3) is 0 Å². The molecule has 5 heteroatoms. The van der Waals surface area contributed by atoms with Crippen molar-refractivity contribution in [1.82, 2.24) is 0 Å². The Bertz CT molecular complexity index is 490. The molecule has 1 aromatic heterocycles. The second-order valence-electron chi connectivity index (χ2n) is 6.88. The van der Waals surface area contributed by atoms with E-state index in [9.17, 15) is 0 Å². The molecule has 0 unspecified atom stereocenters. The molecule has 3 nitrogen and oxygen atoms in total. The first-order valence-electron chi connectivity index (χ1n) is 7.51. The highest BCUT2D eigenvalue weighted by Crippen LogP contribution is 2.38. The van der Waals surface area contributed by atoms with E-state index in [-0.39, 0.29) is 18.3 Å². The standard InChI is InChI=1S/C15H24BNO2S/c1-11-12(10-13(20-11)17-8-6-7-9-17)16-18-14(2,3)15(4,5)19-16/h10H,6-9H2,1-5H3. The van der Waals surface area contributed by atoms with Gasteiger partial charge in [-0.25, -0.2) is 0 Å². The van der Waals surface area contributed by atoms with Crippen LogP contribution < -0.4 is 10.4 Å². The molecule has 2 fully saturated rings. The summed E-state index contributed by atoms with van der Waals surface area (Å²) >= 11 is 1.86. The van der Waals surface area contributed by atoms with Crippen molar-refractivity contribution in [2.24, 2.45) is 0 Å². The summed E-state index contributed by atoms with van der Waals surface area (Å²) < 4.78 is 12.3. The Morgan fingerprint density at radius 2 is 1.65 bits per heavy atom. The van der Waals surface area contributed by atoms with Crippen molar-refractivity contribution in [1.29, 1.82) is 0 Å². The van der Waals surface area contributed by atoms with Crippen molar-refractivity contribution in [3.8, 4) is 0 Å². The maximum Gasteiger partial charge on any atom is 0.496 e. The molecule has 1 aromatic rings. The molecule has 2 saturated heterocycles. The average Bonchev–Trinajstić information content (AvgIpc) is 2.98. The quantitative estimate of drug-likeness (QED) is 0.783. The summed E-state index contributed by atoms with van der Waals surface area (Å²) in [6.45, 7) is 13.0. The molecule has 0 radical (unpaired) electrons. The topological polar surface area (TPSA) is 21.7 Å². The highest BCUT2D eigenvalue weighted by atomic mass is 32.1. The van der Waals surface area contributed by atoms with Crippen LogP contribution in [0.25, 0.3) is 0 Å². The number of nitrogens with zero attached hydrogens (tertiary/aromatic N) is 1. The van der Waals surface area contributed by atoms with E-state index >= 15 is 0 Å². The van der Waals surface area contributed by atoms with Crippen molar-refractivity contribution in [2.75, 3.05) is 18.0 Å². The summed E-state index contributed by atoms with van der Waals surface area (Å²) in [5, 5.41) is 1.37. The van der Waals surface area contributed by atoms with Crippen LogP contribution in [-0.2, 0) is 9.31 Å². The van der Waals surface area contributed by atoms with E-state index in [1.165, 1.54) is 41.3 Å². The Balaban J connectivity index is 1.85. The van der Waals surface area contributed by atoms with Crippen molar-refractivity contribution >= 4 is 28.9 Å². The van der Waals surface area contributed by atoms with Crippen LogP contribution in [0.15, 0.2) is 6.07 Å². The molecule has 20 heavy (non-hydrogen) atoms. The van der Waals surface area contributed by atoms with Gasteiger partial charge in [-0.05, 0) is 59.0 Å². The third kappa shape index (κ3) is 2.30. The SMILES string of the molecule is Cc1sc(N2CCCC2)cc1B1OC(C)(C)C(C)(C)O1. The van der Waals surface area contributed by atoms with E-state index in [1.54, 1.807) is 0 Å². The first kappa shape index (κ1) is 14.4. The third-order valence-electron chi connectivity index (χ3n) is 4.87. The van der Waals surface area contributed by atoms with E-state index in [1.807, 2.05) is 11.3 Å². The van der Waals surface area contributed by atoms with Crippen LogP contribution in [0.5, 0.6) is 0 Å². The smallest absolute Gasteiger partial charge is 0.399 e. The lowest BCUT2D eigenvalue weighted by Gasteiger charge is -2.32. The summed E-state index contributed by atoms with van der Waals surface area (Å²) in [5.41, 5.74) is 0.676. The molecule has 0 atom stereocenters. The maximum atomic E-state index is 6.17. The number of aryl methyl sites for hydroxylation is 1. The highest BCUT2D eigenvalue weighted by Gasteiger charge is 2.52. The number of rotatable bonds is 2.